The van der Waals surface area contributed by atoms with Gasteiger partial charge >= 0.3 is 0 Å². The van der Waals surface area contributed by atoms with E-state index in [0.29, 0.717) is 0 Å². The van der Waals surface area contributed by atoms with Crippen molar-refractivity contribution >= 4 is 33.1 Å². The van der Waals surface area contributed by atoms with Gasteiger partial charge in [0, 0.05) is 11.9 Å². The van der Waals surface area contributed by atoms with Crippen LogP contribution in [0.2, 0.25) is 0 Å². The van der Waals surface area contributed by atoms with E-state index < -0.39 is 0 Å². The molecule has 0 spiro atoms. The predicted octanol–water partition coefficient (Wildman–Crippen LogP) is 3.35. The van der Waals surface area contributed by atoms with Crippen LogP contribution in [0.15, 0.2) is 48.5 Å². The molecule has 0 radical (unpaired) electrons. The number of benzene rings is 2. The Morgan fingerprint density at radius 3 is 2.50 bits per heavy atom. The highest BCUT2D eigenvalue weighted by Gasteiger charge is 2.13. The Balaban J connectivity index is 2.02. The predicted molar refractivity (Wildman–Crippen MR) is 91.1 cm³/mol. The number of aromatic nitrogens is 3. The number of aryl methyl sites for hydroxylation is 1. The molecule has 22 heavy (non-hydrogen) atoms. The zero-order chi connectivity index (χ0) is 14.9. The number of nitrogens with zero attached hydrogens (tertiary/aromatic N) is 3. The molecule has 4 aromatic rings. The van der Waals surface area contributed by atoms with Gasteiger partial charge in [0.1, 0.15) is 5.52 Å². The van der Waals surface area contributed by atoms with Gasteiger partial charge in [0.05, 0.1) is 16.6 Å². The van der Waals surface area contributed by atoms with Crippen molar-refractivity contribution in [3.8, 4) is 0 Å². The lowest BCUT2D eigenvalue weighted by molar-refractivity contribution is 0.636. The molecule has 0 bridgehead atoms. The minimum absolute atomic E-state index is 0.942. The molecule has 0 amide bonds. The van der Waals surface area contributed by atoms with Crippen molar-refractivity contribution in [2.75, 3.05) is 13.6 Å². The third-order valence-electron chi connectivity index (χ3n) is 4.07. The first kappa shape index (κ1) is 13.2. The summed E-state index contributed by atoms with van der Waals surface area (Å²) in [6.07, 6.45) is 1.07. The normalized spacial score (nSPS) is 11.7. The van der Waals surface area contributed by atoms with Gasteiger partial charge in [-0.1, -0.05) is 30.3 Å². The van der Waals surface area contributed by atoms with E-state index in [9.17, 15) is 0 Å². The molecular formula is C18H18N4. The van der Waals surface area contributed by atoms with Crippen molar-refractivity contribution in [1.82, 2.24) is 19.9 Å². The van der Waals surface area contributed by atoms with Crippen LogP contribution in [-0.2, 0) is 6.54 Å². The molecule has 4 heteroatoms. The first-order chi connectivity index (χ1) is 10.9. The maximum atomic E-state index is 4.87. The topological polar surface area (TPSA) is 42.7 Å². The van der Waals surface area contributed by atoms with E-state index in [0.717, 1.165) is 41.7 Å². The van der Waals surface area contributed by atoms with Crippen LogP contribution in [0.4, 0.5) is 0 Å². The standard InChI is InChI=1S/C18H18N4/c1-19-11-6-12-22-16-10-5-2-7-13(16)17-18(22)21-15-9-4-3-8-14(15)20-17/h2-5,7-10,19H,6,11-12H2,1H3. The SMILES string of the molecule is CNCCCn1c2ccccc2c2nc3ccccc3nc21. The van der Waals surface area contributed by atoms with Crippen LogP contribution in [0.1, 0.15) is 6.42 Å². The van der Waals surface area contributed by atoms with Gasteiger partial charge in [0.15, 0.2) is 5.65 Å². The summed E-state index contributed by atoms with van der Waals surface area (Å²) in [5, 5.41) is 4.39. The average Bonchev–Trinajstić information content (AvgIpc) is 2.87. The van der Waals surface area contributed by atoms with Crippen molar-refractivity contribution in [2.24, 2.45) is 0 Å². The molecule has 2 aromatic carbocycles. The van der Waals surface area contributed by atoms with Gasteiger partial charge in [-0.2, -0.15) is 0 Å². The number of fused-ring (bicyclic) bond motifs is 4. The van der Waals surface area contributed by atoms with Gasteiger partial charge in [-0.15, -0.1) is 0 Å². The molecule has 110 valence electrons. The maximum absolute atomic E-state index is 4.87. The molecule has 4 nitrogen and oxygen atoms in total. The van der Waals surface area contributed by atoms with E-state index in [2.05, 4.69) is 34.1 Å². The van der Waals surface area contributed by atoms with Gasteiger partial charge in [-0.05, 0) is 38.2 Å². The molecule has 2 aromatic heterocycles. The van der Waals surface area contributed by atoms with Gasteiger partial charge in [0.25, 0.3) is 0 Å². The number of nitrogens with one attached hydrogen (secondary N) is 1. The lowest BCUT2D eigenvalue weighted by Gasteiger charge is -2.06. The van der Waals surface area contributed by atoms with Crippen LogP contribution in [0.25, 0.3) is 33.1 Å². The van der Waals surface area contributed by atoms with E-state index in [4.69, 9.17) is 9.97 Å². The Hall–Kier alpha value is -2.46. The molecule has 2 heterocycles. The van der Waals surface area contributed by atoms with Crippen molar-refractivity contribution in [3.05, 3.63) is 48.5 Å². The van der Waals surface area contributed by atoms with E-state index in [-0.39, 0.29) is 0 Å². The summed E-state index contributed by atoms with van der Waals surface area (Å²) < 4.78 is 2.29. The largest absolute Gasteiger partial charge is 0.324 e. The van der Waals surface area contributed by atoms with Crippen LogP contribution < -0.4 is 5.32 Å². The first-order valence-electron chi connectivity index (χ1n) is 7.67. The summed E-state index contributed by atoms with van der Waals surface area (Å²) in [4.78, 5) is 9.73. The van der Waals surface area contributed by atoms with Gasteiger partial charge < -0.3 is 9.88 Å². The molecule has 0 saturated carbocycles. The minimum atomic E-state index is 0.942. The molecule has 0 aliphatic rings. The minimum Gasteiger partial charge on any atom is -0.324 e. The highest BCUT2D eigenvalue weighted by Crippen LogP contribution is 2.28. The maximum Gasteiger partial charge on any atom is 0.160 e. The molecular weight excluding hydrogens is 272 g/mol. The van der Waals surface area contributed by atoms with Gasteiger partial charge in [0.2, 0.25) is 0 Å². The lowest BCUT2D eigenvalue weighted by atomic mass is 10.2. The smallest absolute Gasteiger partial charge is 0.160 e. The summed E-state index contributed by atoms with van der Waals surface area (Å²) in [6.45, 7) is 1.94. The second kappa shape index (κ2) is 5.39. The van der Waals surface area contributed by atoms with E-state index in [1.807, 2.05) is 31.3 Å². The van der Waals surface area contributed by atoms with E-state index >= 15 is 0 Å². The molecule has 0 atom stereocenters. The highest BCUT2D eigenvalue weighted by atomic mass is 15.1. The Bertz CT molecular complexity index is 955. The Kier molecular flexibility index (Phi) is 3.24. The summed E-state index contributed by atoms with van der Waals surface area (Å²) in [5.41, 5.74) is 5.10. The van der Waals surface area contributed by atoms with Crippen molar-refractivity contribution in [1.29, 1.82) is 0 Å². The molecule has 0 fully saturated rings. The highest BCUT2D eigenvalue weighted by molar-refractivity contribution is 6.06. The Morgan fingerprint density at radius 1 is 0.955 bits per heavy atom. The first-order valence-corrected chi connectivity index (χ1v) is 7.67. The molecule has 1 N–H and O–H groups in total. The Labute approximate surface area is 128 Å². The monoisotopic (exact) mass is 290 g/mol. The van der Waals surface area contributed by atoms with Crippen LogP contribution >= 0.6 is 0 Å². The quantitative estimate of drug-likeness (QED) is 0.586. The van der Waals surface area contributed by atoms with E-state index in [1.54, 1.807) is 0 Å². The van der Waals surface area contributed by atoms with Crippen molar-refractivity contribution in [3.63, 3.8) is 0 Å². The molecule has 0 saturated heterocycles. The molecule has 0 aliphatic carbocycles. The van der Waals surface area contributed by atoms with Crippen molar-refractivity contribution in [2.45, 2.75) is 13.0 Å². The summed E-state index contributed by atoms with van der Waals surface area (Å²) in [6, 6.07) is 16.5. The number of hydrogen-bond acceptors (Lipinski definition) is 3. The second-order valence-corrected chi connectivity index (χ2v) is 5.51. The van der Waals surface area contributed by atoms with Crippen LogP contribution in [0.5, 0.6) is 0 Å². The number of para-hydroxylation sites is 3. The summed E-state index contributed by atoms with van der Waals surface area (Å²) in [5.74, 6) is 0. The van der Waals surface area contributed by atoms with Crippen LogP contribution in [0, 0.1) is 0 Å². The average molecular weight is 290 g/mol. The summed E-state index contributed by atoms with van der Waals surface area (Å²) in [7, 11) is 1.99. The molecule has 0 unspecified atom stereocenters. The van der Waals surface area contributed by atoms with Crippen LogP contribution in [-0.4, -0.2) is 28.1 Å². The fraction of sp³-hybridized carbons (Fsp3) is 0.222. The summed E-state index contributed by atoms with van der Waals surface area (Å²) >= 11 is 0. The second-order valence-electron chi connectivity index (χ2n) is 5.51. The fourth-order valence-electron chi connectivity index (χ4n) is 3.02. The third kappa shape index (κ3) is 2.04. The lowest BCUT2D eigenvalue weighted by Crippen LogP contribution is -2.11. The number of hydrogen-bond donors (Lipinski definition) is 1. The van der Waals surface area contributed by atoms with Crippen molar-refractivity contribution < 1.29 is 0 Å². The molecule has 0 aliphatic heterocycles. The Morgan fingerprint density at radius 2 is 1.68 bits per heavy atom. The third-order valence-corrected chi connectivity index (χ3v) is 4.07. The fourth-order valence-corrected chi connectivity index (χ4v) is 3.02. The van der Waals surface area contributed by atoms with Crippen LogP contribution in [0.3, 0.4) is 0 Å². The zero-order valence-corrected chi connectivity index (χ0v) is 12.6. The van der Waals surface area contributed by atoms with Gasteiger partial charge in [-0.3, -0.25) is 0 Å². The molecule has 4 rings (SSSR count). The number of rotatable bonds is 4. The van der Waals surface area contributed by atoms with E-state index in [1.165, 1.54) is 10.9 Å². The van der Waals surface area contributed by atoms with Gasteiger partial charge in [-0.25, -0.2) is 9.97 Å². The zero-order valence-electron chi connectivity index (χ0n) is 12.6.